The van der Waals surface area contributed by atoms with Crippen molar-refractivity contribution in [1.29, 1.82) is 0 Å². The smallest absolute Gasteiger partial charge is 0.264 e. The van der Waals surface area contributed by atoms with Crippen LogP contribution in [0.5, 0.6) is 0 Å². The largest absolute Gasteiger partial charge is 0.330 e. The first-order valence-corrected chi connectivity index (χ1v) is 10.3. The van der Waals surface area contributed by atoms with Crippen LogP contribution in [0.15, 0.2) is 24.3 Å². The Morgan fingerprint density at radius 1 is 1.30 bits per heavy atom. The van der Waals surface area contributed by atoms with Crippen molar-refractivity contribution in [3.8, 4) is 0 Å². The van der Waals surface area contributed by atoms with Gasteiger partial charge in [0.25, 0.3) is 5.91 Å². The lowest BCUT2D eigenvalue weighted by molar-refractivity contribution is -0.117. The fourth-order valence-corrected chi connectivity index (χ4v) is 4.32. The fraction of sp³-hybridized carbons (Fsp3) is 0.400. The van der Waals surface area contributed by atoms with Gasteiger partial charge in [-0.15, -0.1) is 11.3 Å². The highest BCUT2D eigenvalue weighted by Gasteiger charge is 2.35. The number of benzene rings is 1. The fourth-order valence-electron chi connectivity index (χ4n) is 3.06. The van der Waals surface area contributed by atoms with E-state index in [1.807, 2.05) is 13.0 Å². The molecule has 1 aromatic carbocycles. The third-order valence-electron chi connectivity index (χ3n) is 4.95. The van der Waals surface area contributed by atoms with Crippen LogP contribution >= 0.6 is 22.9 Å². The second kappa shape index (κ2) is 7.24. The zero-order chi connectivity index (χ0) is 19.1. The molecule has 2 aliphatic rings. The summed E-state index contributed by atoms with van der Waals surface area (Å²) in [6.45, 7) is 2.01. The number of amides is 2. The highest BCUT2D eigenvalue weighted by atomic mass is 35.5. The quantitative estimate of drug-likeness (QED) is 0.733. The van der Waals surface area contributed by atoms with E-state index in [4.69, 9.17) is 11.6 Å². The number of nitrogens with one attached hydrogen (secondary N) is 1. The van der Waals surface area contributed by atoms with Gasteiger partial charge in [0.2, 0.25) is 5.91 Å². The first-order valence-electron chi connectivity index (χ1n) is 9.09. The summed E-state index contributed by atoms with van der Waals surface area (Å²) in [6.07, 6.45) is 3.68. The molecule has 142 valence electrons. The van der Waals surface area contributed by atoms with Gasteiger partial charge < -0.3 is 10.2 Å². The second-order valence-corrected chi connectivity index (χ2v) is 8.71. The predicted octanol–water partition coefficient (Wildman–Crippen LogP) is 5.00. The molecule has 2 fully saturated rings. The molecule has 27 heavy (non-hydrogen) atoms. The average molecular weight is 407 g/mol. The lowest BCUT2D eigenvalue weighted by Crippen LogP contribution is -2.33. The highest BCUT2D eigenvalue weighted by molar-refractivity contribution is 7.18. The van der Waals surface area contributed by atoms with Crippen LogP contribution in [0.2, 0.25) is 5.02 Å². The van der Waals surface area contributed by atoms with Gasteiger partial charge in [0.1, 0.15) is 5.82 Å². The molecule has 0 aliphatic heterocycles. The second-order valence-electron chi connectivity index (χ2n) is 7.25. The number of halogens is 2. The number of rotatable bonds is 6. The third kappa shape index (κ3) is 4.01. The van der Waals surface area contributed by atoms with Crippen molar-refractivity contribution in [3.63, 3.8) is 0 Å². The number of anilines is 1. The lowest BCUT2D eigenvalue weighted by Gasteiger charge is -2.23. The van der Waals surface area contributed by atoms with E-state index >= 15 is 0 Å². The normalized spacial score (nSPS) is 16.3. The number of carbonyl (C=O) groups excluding carboxylic acids is 2. The Balaban J connectivity index is 1.55. The monoisotopic (exact) mass is 406 g/mol. The molecular weight excluding hydrogens is 387 g/mol. The maximum Gasteiger partial charge on any atom is 0.264 e. The highest BCUT2D eigenvalue weighted by Crippen LogP contribution is 2.36. The van der Waals surface area contributed by atoms with Crippen LogP contribution in [-0.2, 0) is 11.3 Å². The van der Waals surface area contributed by atoms with Crippen LogP contribution in [0.25, 0.3) is 0 Å². The molecule has 0 unspecified atom stereocenters. The van der Waals surface area contributed by atoms with E-state index in [-0.39, 0.29) is 30.3 Å². The number of hydrogen-bond donors (Lipinski definition) is 1. The van der Waals surface area contributed by atoms with Gasteiger partial charge >= 0.3 is 0 Å². The molecule has 1 heterocycles. The molecule has 4 nitrogen and oxygen atoms in total. The van der Waals surface area contributed by atoms with Gasteiger partial charge in [-0.1, -0.05) is 17.7 Å². The number of nitrogens with zero attached hydrogens (tertiary/aromatic N) is 1. The Kier molecular flexibility index (Phi) is 4.95. The Morgan fingerprint density at radius 3 is 2.67 bits per heavy atom. The van der Waals surface area contributed by atoms with Gasteiger partial charge in [-0.3, -0.25) is 9.59 Å². The zero-order valence-electron chi connectivity index (χ0n) is 14.9. The van der Waals surface area contributed by atoms with Crippen molar-refractivity contribution in [2.45, 2.75) is 45.2 Å². The number of hydrogen-bond acceptors (Lipinski definition) is 3. The van der Waals surface area contributed by atoms with Gasteiger partial charge in [0, 0.05) is 22.5 Å². The number of thiophene rings is 1. The Bertz CT molecular complexity index is 885. The van der Waals surface area contributed by atoms with Crippen LogP contribution in [0, 0.1) is 18.7 Å². The van der Waals surface area contributed by atoms with Gasteiger partial charge in [-0.25, -0.2) is 4.39 Å². The molecule has 0 atom stereocenters. The summed E-state index contributed by atoms with van der Waals surface area (Å²) in [5.41, 5.74) is 1.16. The standard InChI is InChI=1S/C20H20ClFN2O2S/c1-11-9-17(23-19(25)12-5-6-12)27-18(11)20(26)24(13-7-8-13)10-14-15(21)3-2-4-16(14)22/h2-4,9,12-13H,5-8,10H2,1H3,(H,23,25). The molecule has 1 aromatic heterocycles. The summed E-state index contributed by atoms with van der Waals surface area (Å²) in [4.78, 5) is 27.4. The molecule has 2 amide bonds. The number of carbonyl (C=O) groups is 2. The van der Waals surface area contributed by atoms with Crippen LogP contribution < -0.4 is 5.32 Å². The molecule has 2 aromatic rings. The summed E-state index contributed by atoms with van der Waals surface area (Å²) < 4.78 is 14.2. The summed E-state index contributed by atoms with van der Waals surface area (Å²) in [6, 6.07) is 6.50. The van der Waals surface area contributed by atoms with Crippen LogP contribution in [-0.4, -0.2) is 22.8 Å². The third-order valence-corrected chi connectivity index (χ3v) is 6.44. The van der Waals surface area contributed by atoms with E-state index in [0.29, 0.717) is 20.5 Å². The molecule has 2 aliphatic carbocycles. The molecule has 0 bridgehead atoms. The van der Waals surface area contributed by atoms with Crippen molar-refractivity contribution in [3.05, 3.63) is 51.1 Å². The molecule has 2 saturated carbocycles. The SMILES string of the molecule is Cc1cc(NC(=O)C2CC2)sc1C(=O)N(Cc1c(F)cccc1Cl)C1CC1. The Hall–Kier alpha value is -1.92. The predicted molar refractivity (Wildman–Crippen MR) is 105 cm³/mol. The topological polar surface area (TPSA) is 49.4 Å². The molecule has 0 radical (unpaired) electrons. The maximum absolute atomic E-state index is 14.2. The van der Waals surface area contributed by atoms with Crippen molar-refractivity contribution in [2.24, 2.45) is 5.92 Å². The van der Waals surface area contributed by atoms with Gasteiger partial charge in [0.15, 0.2) is 0 Å². The van der Waals surface area contributed by atoms with E-state index in [2.05, 4.69) is 5.32 Å². The first kappa shape index (κ1) is 18.4. The van der Waals surface area contributed by atoms with E-state index in [0.717, 1.165) is 31.2 Å². The van der Waals surface area contributed by atoms with Gasteiger partial charge in [-0.05, 0) is 56.4 Å². The van der Waals surface area contributed by atoms with Crippen molar-refractivity contribution >= 4 is 39.8 Å². The lowest BCUT2D eigenvalue weighted by atomic mass is 10.1. The van der Waals surface area contributed by atoms with Crippen LogP contribution in [0.4, 0.5) is 9.39 Å². The minimum absolute atomic E-state index is 0.0208. The zero-order valence-corrected chi connectivity index (χ0v) is 16.5. The van der Waals surface area contributed by atoms with Crippen molar-refractivity contribution < 1.29 is 14.0 Å². The van der Waals surface area contributed by atoms with E-state index in [1.54, 1.807) is 17.0 Å². The van der Waals surface area contributed by atoms with Crippen molar-refractivity contribution in [1.82, 2.24) is 4.90 Å². The summed E-state index contributed by atoms with van der Waals surface area (Å²) in [7, 11) is 0. The molecule has 1 N–H and O–H groups in total. The van der Waals surface area contributed by atoms with E-state index < -0.39 is 5.82 Å². The average Bonchev–Trinajstić information content (AvgIpc) is 3.52. The first-order chi connectivity index (χ1) is 12.9. The van der Waals surface area contributed by atoms with E-state index in [9.17, 15) is 14.0 Å². The summed E-state index contributed by atoms with van der Waals surface area (Å²) in [5.74, 6) is -0.405. The maximum atomic E-state index is 14.2. The number of aryl methyl sites for hydroxylation is 1. The van der Waals surface area contributed by atoms with Crippen molar-refractivity contribution in [2.75, 3.05) is 5.32 Å². The Labute approximate surface area is 166 Å². The van der Waals surface area contributed by atoms with Crippen LogP contribution in [0.3, 0.4) is 0 Å². The molecule has 7 heteroatoms. The Morgan fingerprint density at radius 2 is 2.04 bits per heavy atom. The molecule has 4 rings (SSSR count). The minimum Gasteiger partial charge on any atom is -0.330 e. The van der Waals surface area contributed by atoms with E-state index in [1.165, 1.54) is 17.4 Å². The molecule has 0 saturated heterocycles. The minimum atomic E-state index is -0.402. The molecule has 0 spiro atoms. The van der Waals surface area contributed by atoms with Crippen LogP contribution in [0.1, 0.15) is 46.5 Å². The van der Waals surface area contributed by atoms with Gasteiger partial charge in [-0.2, -0.15) is 0 Å². The summed E-state index contributed by atoms with van der Waals surface area (Å²) in [5, 5.41) is 3.91. The molecular formula is C20H20ClFN2O2S. The van der Waals surface area contributed by atoms with Gasteiger partial charge in [0.05, 0.1) is 16.4 Å². The summed E-state index contributed by atoms with van der Waals surface area (Å²) >= 11 is 7.44.